The summed E-state index contributed by atoms with van der Waals surface area (Å²) in [6.07, 6.45) is 8.91. The molecule has 0 aliphatic heterocycles. The summed E-state index contributed by atoms with van der Waals surface area (Å²) in [5.41, 5.74) is 10.3. The van der Waals surface area contributed by atoms with Gasteiger partial charge in [0.05, 0.1) is 16.9 Å². The Balaban J connectivity index is 1.47. The predicted molar refractivity (Wildman–Crippen MR) is 154 cm³/mol. The molecule has 39 heavy (non-hydrogen) atoms. The predicted octanol–water partition coefficient (Wildman–Crippen LogP) is 4.73. The van der Waals surface area contributed by atoms with Gasteiger partial charge in [0, 0.05) is 34.8 Å². The number of aromatic nitrogens is 5. The first-order valence-corrected chi connectivity index (χ1v) is 13.1. The highest BCUT2D eigenvalue weighted by Gasteiger charge is 2.23. The Morgan fingerprint density at radius 3 is 2.74 bits per heavy atom. The summed E-state index contributed by atoms with van der Waals surface area (Å²) in [5.74, 6) is -0.350. The molecule has 0 aliphatic carbocycles. The normalized spacial score (nSPS) is 12.3. The van der Waals surface area contributed by atoms with Crippen LogP contribution in [-0.4, -0.2) is 30.1 Å². The van der Waals surface area contributed by atoms with Crippen LogP contribution in [0.15, 0.2) is 89.6 Å². The van der Waals surface area contributed by atoms with E-state index in [1.807, 2.05) is 73.7 Å². The first-order chi connectivity index (χ1) is 19.0. The van der Waals surface area contributed by atoms with E-state index in [0.29, 0.717) is 22.4 Å². The molecule has 9 nitrogen and oxygen atoms in total. The van der Waals surface area contributed by atoms with E-state index in [-0.39, 0.29) is 16.9 Å². The number of nitrogens with zero attached hydrogens (tertiary/aromatic N) is 5. The Hall–Kier alpha value is -5.09. The molecule has 0 radical (unpaired) electrons. The van der Waals surface area contributed by atoms with Crippen LogP contribution in [0.25, 0.3) is 34.3 Å². The van der Waals surface area contributed by atoms with Crippen LogP contribution < -0.4 is 16.6 Å². The lowest BCUT2D eigenvalue weighted by atomic mass is 10.0. The van der Waals surface area contributed by atoms with Crippen molar-refractivity contribution in [2.24, 2.45) is 0 Å². The number of fused-ring (bicyclic) bond motifs is 2. The van der Waals surface area contributed by atoms with Crippen molar-refractivity contribution in [3.05, 3.63) is 117 Å². The quantitative estimate of drug-likeness (QED) is 0.319. The van der Waals surface area contributed by atoms with Crippen LogP contribution in [0, 0.1) is 0 Å². The van der Waals surface area contributed by atoms with E-state index in [1.54, 1.807) is 34.7 Å². The molecule has 4 aromatic heterocycles. The maximum atomic E-state index is 14.1. The monoisotopic (exact) mass is 533 g/mol. The van der Waals surface area contributed by atoms with Gasteiger partial charge in [-0.2, -0.15) is 0 Å². The molecule has 192 valence electrons. The van der Waals surface area contributed by atoms with E-state index in [1.165, 1.54) is 15.9 Å². The van der Waals surface area contributed by atoms with Crippen molar-refractivity contribution in [2.75, 3.05) is 5.73 Å². The van der Waals surface area contributed by atoms with Gasteiger partial charge >= 0.3 is 0 Å². The van der Waals surface area contributed by atoms with Crippen molar-refractivity contribution >= 4 is 51.6 Å². The van der Waals surface area contributed by atoms with Gasteiger partial charge in [0.1, 0.15) is 5.56 Å². The lowest BCUT2D eigenvalue weighted by molar-refractivity contribution is 0.0941. The fraction of sp³-hybridized carbons (Fsp3) is 0.0690. The molecular formula is C29H23N7O2S. The standard InChI is InChI=1S/C29H23N7O2S/c1-18(33-28(37)25-26(30)34-35-14-6-13-32-27(25)35)23-15-20-8-5-7-19(11-12-22-16-31-17-39-22)24(20)29(38)36(23)21-9-3-2-4-10-21/h2-18H,1H3,(H2,30,34)(H,33,37)/b12-11+/t18-/m0/s1. The van der Waals surface area contributed by atoms with Crippen LogP contribution in [0.5, 0.6) is 0 Å². The molecule has 0 saturated heterocycles. The minimum Gasteiger partial charge on any atom is -0.381 e. The highest BCUT2D eigenvalue weighted by Crippen LogP contribution is 2.25. The van der Waals surface area contributed by atoms with Gasteiger partial charge in [0.2, 0.25) is 0 Å². The molecule has 3 N–H and O–H groups in total. The Morgan fingerprint density at radius 2 is 1.95 bits per heavy atom. The van der Waals surface area contributed by atoms with Crippen LogP contribution in [0.1, 0.15) is 39.5 Å². The van der Waals surface area contributed by atoms with Gasteiger partial charge in [-0.3, -0.25) is 19.1 Å². The van der Waals surface area contributed by atoms with E-state index in [4.69, 9.17) is 5.73 Å². The molecule has 1 atom stereocenters. The highest BCUT2D eigenvalue weighted by atomic mass is 32.1. The average molecular weight is 534 g/mol. The van der Waals surface area contributed by atoms with Crippen LogP contribution >= 0.6 is 11.3 Å². The third-order valence-electron chi connectivity index (χ3n) is 6.44. The summed E-state index contributed by atoms with van der Waals surface area (Å²) in [6, 6.07) is 18.2. The zero-order chi connectivity index (χ0) is 26.9. The number of carbonyl (C=O) groups excluding carboxylic acids is 1. The second-order valence-electron chi connectivity index (χ2n) is 8.94. The number of hydrogen-bond donors (Lipinski definition) is 2. The molecule has 6 aromatic rings. The zero-order valence-corrected chi connectivity index (χ0v) is 21.7. The third-order valence-corrected chi connectivity index (χ3v) is 7.18. The maximum absolute atomic E-state index is 14.1. The summed E-state index contributed by atoms with van der Waals surface area (Å²) in [4.78, 5) is 36.9. The molecule has 0 aliphatic rings. The van der Waals surface area contributed by atoms with Gasteiger partial charge in [-0.25, -0.2) is 9.50 Å². The van der Waals surface area contributed by atoms with Crippen LogP contribution in [0.4, 0.5) is 5.82 Å². The van der Waals surface area contributed by atoms with Crippen molar-refractivity contribution in [1.82, 2.24) is 29.5 Å². The average Bonchev–Trinajstić information content (AvgIpc) is 3.59. The first kappa shape index (κ1) is 24.3. The number of anilines is 1. The van der Waals surface area contributed by atoms with Crippen molar-refractivity contribution in [3.8, 4) is 5.69 Å². The van der Waals surface area contributed by atoms with E-state index >= 15 is 0 Å². The van der Waals surface area contributed by atoms with Gasteiger partial charge in [-0.05, 0) is 48.2 Å². The molecular weight excluding hydrogens is 510 g/mol. The number of para-hydroxylation sites is 1. The second kappa shape index (κ2) is 9.99. The van der Waals surface area contributed by atoms with Crippen LogP contribution in [0.3, 0.4) is 0 Å². The third kappa shape index (κ3) is 4.47. The largest absolute Gasteiger partial charge is 0.381 e. The topological polar surface area (TPSA) is 120 Å². The van der Waals surface area contributed by atoms with Gasteiger partial charge in [0.25, 0.3) is 11.5 Å². The molecule has 10 heteroatoms. The van der Waals surface area contributed by atoms with E-state index < -0.39 is 11.9 Å². The minimum absolute atomic E-state index is 0.0785. The number of hydrogen-bond acceptors (Lipinski definition) is 7. The Bertz CT molecular complexity index is 1910. The molecule has 4 heterocycles. The summed E-state index contributed by atoms with van der Waals surface area (Å²) in [7, 11) is 0. The lowest BCUT2D eigenvalue weighted by Gasteiger charge is -2.21. The van der Waals surface area contributed by atoms with Crippen LogP contribution in [0.2, 0.25) is 0 Å². The molecule has 0 spiro atoms. The fourth-order valence-corrected chi connectivity index (χ4v) is 5.17. The van der Waals surface area contributed by atoms with E-state index in [0.717, 1.165) is 15.8 Å². The Morgan fingerprint density at radius 1 is 1.10 bits per heavy atom. The molecule has 0 fully saturated rings. The minimum atomic E-state index is -0.552. The molecule has 1 amide bonds. The number of thiazole rings is 1. The molecule has 0 bridgehead atoms. The van der Waals surface area contributed by atoms with Crippen molar-refractivity contribution in [3.63, 3.8) is 0 Å². The summed E-state index contributed by atoms with van der Waals surface area (Å²) in [5, 5.41) is 8.54. The van der Waals surface area contributed by atoms with Crippen molar-refractivity contribution in [2.45, 2.75) is 13.0 Å². The number of nitrogens with two attached hydrogens (primary N) is 1. The second-order valence-corrected chi connectivity index (χ2v) is 9.86. The van der Waals surface area contributed by atoms with Gasteiger partial charge < -0.3 is 11.1 Å². The number of amides is 1. The van der Waals surface area contributed by atoms with Gasteiger partial charge in [0.15, 0.2) is 11.5 Å². The van der Waals surface area contributed by atoms with Crippen molar-refractivity contribution < 1.29 is 4.79 Å². The molecule has 2 aromatic carbocycles. The Kier molecular flexibility index (Phi) is 6.22. The summed E-state index contributed by atoms with van der Waals surface area (Å²) < 4.78 is 3.11. The SMILES string of the molecule is C[C@H](NC(=O)c1c(N)nn2cccnc12)c1cc2cccc(/C=C/c3cncs3)c2c(=O)n1-c1ccccc1. The van der Waals surface area contributed by atoms with E-state index in [9.17, 15) is 9.59 Å². The smallest absolute Gasteiger partial charge is 0.263 e. The van der Waals surface area contributed by atoms with Crippen LogP contribution in [-0.2, 0) is 0 Å². The summed E-state index contributed by atoms with van der Waals surface area (Å²) >= 11 is 1.52. The first-order valence-electron chi connectivity index (χ1n) is 12.2. The van der Waals surface area contributed by atoms with Crippen molar-refractivity contribution in [1.29, 1.82) is 0 Å². The van der Waals surface area contributed by atoms with Gasteiger partial charge in [-0.1, -0.05) is 42.5 Å². The molecule has 0 saturated carbocycles. The number of benzene rings is 2. The molecule has 6 rings (SSSR count). The van der Waals surface area contributed by atoms with E-state index in [2.05, 4.69) is 20.4 Å². The number of carbonyl (C=O) groups is 1. The summed E-state index contributed by atoms with van der Waals surface area (Å²) in [6.45, 7) is 1.83. The zero-order valence-electron chi connectivity index (χ0n) is 20.9. The fourth-order valence-electron chi connectivity index (χ4n) is 4.65. The highest BCUT2D eigenvalue weighted by molar-refractivity contribution is 7.10. The Labute approximate surface area is 226 Å². The number of nitrogen functional groups attached to an aromatic ring is 1. The number of pyridine rings is 1. The number of nitrogens with one attached hydrogen (secondary N) is 1. The maximum Gasteiger partial charge on any atom is 0.263 e. The lowest BCUT2D eigenvalue weighted by Crippen LogP contribution is -2.32. The molecule has 0 unspecified atom stereocenters. The number of rotatable bonds is 6. The van der Waals surface area contributed by atoms with Gasteiger partial charge in [-0.15, -0.1) is 16.4 Å².